The smallest absolute Gasteiger partial charge is 0.261 e. The van der Waals surface area contributed by atoms with Gasteiger partial charge in [0.15, 0.2) is 5.78 Å². The van der Waals surface area contributed by atoms with Crippen molar-refractivity contribution >= 4 is 24.5 Å². The fourth-order valence-electron chi connectivity index (χ4n) is 3.81. The molecule has 2 rings (SSSR count). The molecule has 0 bridgehead atoms. The van der Waals surface area contributed by atoms with Crippen LogP contribution in [0.3, 0.4) is 0 Å². The van der Waals surface area contributed by atoms with E-state index in [0.717, 1.165) is 17.6 Å². The zero-order valence-corrected chi connectivity index (χ0v) is 19.2. The number of hydrogen-bond donors (Lipinski definition) is 0. The van der Waals surface area contributed by atoms with Gasteiger partial charge in [0.05, 0.1) is 0 Å². The van der Waals surface area contributed by atoms with E-state index in [-0.39, 0.29) is 10.8 Å². The minimum Gasteiger partial charge on any atom is -0.407 e. The van der Waals surface area contributed by atoms with E-state index in [1.807, 2.05) is 13.8 Å². The normalized spacial score (nSPS) is 13.2. The summed E-state index contributed by atoms with van der Waals surface area (Å²) in [6.07, 6.45) is 1.33. The first-order valence-electron chi connectivity index (χ1n) is 10.2. The van der Waals surface area contributed by atoms with Gasteiger partial charge in [-0.05, 0) is 41.3 Å². The minimum absolute atomic E-state index is 0.0262. The predicted octanol–water partition coefficient (Wildman–Crippen LogP) is 5.27. The van der Waals surface area contributed by atoms with E-state index in [1.165, 1.54) is 10.4 Å². The van der Waals surface area contributed by atoms with Crippen LogP contribution >= 0.6 is 0 Å². The Morgan fingerprint density at radius 3 is 1.75 bits per heavy atom. The van der Waals surface area contributed by atoms with E-state index >= 15 is 0 Å². The second kappa shape index (κ2) is 9.49. The third kappa shape index (κ3) is 4.71. The molecule has 0 saturated carbocycles. The van der Waals surface area contributed by atoms with Crippen LogP contribution in [0.5, 0.6) is 0 Å². The van der Waals surface area contributed by atoms with Crippen molar-refractivity contribution in [3.05, 3.63) is 71.8 Å². The van der Waals surface area contributed by atoms with Gasteiger partial charge in [-0.2, -0.15) is 0 Å². The molecule has 0 aliphatic rings. The van der Waals surface area contributed by atoms with Crippen LogP contribution in [0.15, 0.2) is 71.8 Å². The van der Waals surface area contributed by atoms with E-state index in [9.17, 15) is 4.79 Å². The summed E-state index contributed by atoms with van der Waals surface area (Å²) in [5.74, 6) is 0.225. The van der Waals surface area contributed by atoms with E-state index in [2.05, 4.69) is 88.4 Å². The van der Waals surface area contributed by atoms with Gasteiger partial charge >= 0.3 is 0 Å². The Labute approximate surface area is 171 Å². The van der Waals surface area contributed by atoms with Gasteiger partial charge in [-0.3, -0.25) is 4.79 Å². The molecule has 0 fully saturated rings. The molecule has 0 N–H and O–H groups in total. The second-order valence-electron chi connectivity index (χ2n) is 8.44. The quantitative estimate of drug-likeness (QED) is 0.450. The largest absolute Gasteiger partial charge is 0.407 e. The lowest BCUT2D eigenvalue weighted by Crippen LogP contribution is -2.66. The lowest BCUT2D eigenvalue weighted by molar-refractivity contribution is -0.115. The molecule has 0 aliphatic heterocycles. The summed E-state index contributed by atoms with van der Waals surface area (Å²) in [5.41, 5.74) is 2.01. The number of ketones is 1. The van der Waals surface area contributed by atoms with Gasteiger partial charge in [0, 0.05) is 13.0 Å². The fraction of sp³-hybridized carbons (Fsp3) is 0.400. The summed E-state index contributed by atoms with van der Waals surface area (Å²) in [7, 11) is -2.49. The molecule has 0 amide bonds. The van der Waals surface area contributed by atoms with Gasteiger partial charge in [0.1, 0.15) is 0 Å². The summed E-state index contributed by atoms with van der Waals surface area (Å²) < 4.78 is 6.89. The monoisotopic (exact) mass is 394 g/mol. The Balaban J connectivity index is 2.44. The van der Waals surface area contributed by atoms with Crippen molar-refractivity contribution in [2.45, 2.75) is 59.4 Å². The lowest BCUT2D eigenvalue weighted by atomic mass is 10.0. The number of rotatable bonds is 8. The SMILES string of the molecule is CCC(=O)C(C)=C(C)CCO[Si](c1ccccc1)(c1ccccc1)C(C)(C)C. The van der Waals surface area contributed by atoms with Gasteiger partial charge in [0.25, 0.3) is 8.32 Å². The molecular weight excluding hydrogens is 360 g/mol. The zero-order chi connectivity index (χ0) is 20.8. The maximum Gasteiger partial charge on any atom is 0.261 e. The third-order valence-corrected chi connectivity index (χ3v) is 10.6. The Morgan fingerprint density at radius 2 is 1.36 bits per heavy atom. The van der Waals surface area contributed by atoms with Crippen molar-refractivity contribution in [1.29, 1.82) is 0 Å². The average Bonchev–Trinajstić information content (AvgIpc) is 2.70. The number of hydrogen-bond acceptors (Lipinski definition) is 2. The first-order chi connectivity index (χ1) is 13.2. The van der Waals surface area contributed by atoms with Gasteiger partial charge < -0.3 is 4.43 Å². The summed E-state index contributed by atoms with van der Waals surface area (Å²) in [6, 6.07) is 21.4. The molecule has 2 aromatic rings. The molecule has 150 valence electrons. The van der Waals surface area contributed by atoms with Crippen molar-refractivity contribution < 1.29 is 9.22 Å². The van der Waals surface area contributed by atoms with Crippen molar-refractivity contribution in [2.75, 3.05) is 6.61 Å². The average molecular weight is 395 g/mol. The predicted molar refractivity (Wildman–Crippen MR) is 122 cm³/mol. The topological polar surface area (TPSA) is 26.3 Å². The molecule has 0 radical (unpaired) electrons. The van der Waals surface area contributed by atoms with E-state index in [0.29, 0.717) is 13.0 Å². The van der Waals surface area contributed by atoms with Crippen molar-refractivity contribution in [2.24, 2.45) is 0 Å². The van der Waals surface area contributed by atoms with Gasteiger partial charge in [-0.1, -0.05) is 93.9 Å². The Bertz CT molecular complexity index is 762. The number of carbonyl (C=O) groups excluding carboxylic acids is 1. The van der Waals surface area contributed by atoms with Gasteiger partial charge in [-0.25, -0.2) is 0 Å². The number of allylic oxidation sites excluding steroid dienone is 1. The number of carbonyl (C=O) groups is 1. The zero-order valence-electron chi connectivity index (χ0n) is 18.2. The lowest BCUT2D eigenvalue weighted by Gasteiger charge is -2.43. The summed E-state index contributed by atoms with van der Waals surface area (Å²) in [5, 5.41) is 2.55. The number of Topliss-reactive ketones (excluding diaryl/α,β-unsaturated/α-hetero) is 1. The highest BCUT2D eigenvalue weighted by molar-refractivity contribution is 6.99. The van der Waals surface area contributed by atoms with Crippen LogP contribution in [0.4, 0.5) is 0 Å². The van der Waals surface area contributed by atoms with Crippen LogP contribution in [0.2, 0.25) is 5.04 Å². The second-order valence-corrected chi connectivity index (χ2v) is 12.7. The van der Waals surface area contributed by atoms with Crippen molar-refractivity contribution in [3.63, 3.8) is 0 Å². The molecule has 0 aromatic heterocycles. The molecule has 0 unspecified atom stereocenters. The maximum absolute atomic E-state index is 12.0. The standard InChI is InChI=1S/C25H34O2Si/c1-7-24(26)21(3)20(2)18-19-27-28(25(4,5)6,22-14-10-8-11-15-22)23-16-12-9-13-17-23/h8-17H,7,18-19H2,1-6H3. The van der Waals surface area contributed by atoms with E-state index in [4.69, 9.17) is 4.43 Å². The van der Waals surface area contributed by atoms with Crippen LogP contribution in [0, 0.1) is 0 Å². The van der Waals surface area contributed by atoms with Gasteiger partial charge in [-0.15, -0.1) is 0 Å². The summed E-state index contributed by atoms with van der Waals surface area (Å²) >= 11 is 0. The minimum atomic E-state index is -2.49. The third-order valence-electron chi connectivity index (χ3n) is 5.59. The first kappa shape index (κ1) is 22.3. The molecule has 0 spiro atoms. The molecule has 2 nitrogen and oxygen atoms in total. The Kier molecular flexibility index (Phi) is 7.56. The highest BCUT2D eigenvalue weighted by Gasteiger charge is 2.49. The van der Waals surface area contributed by atoms with E-state index < -0.39 is 8.32 Å². The molecule has 0 saturated heterocycles. The Morgan fingerprint density at radius 1 is 0.893 bits per heavy atom. The molecule has 0 aliphatic carbocycles. The van der Waals surface area contributed by atoms with Crippen molar-refractivity contribution in [1.82, 2.24) is 0 Å². The van der Waals surface area contributed by atoms with Crippen LogP contribution < -0.4 is 10.4 Å². The molecule has 0 atom stereocenters. The molecular formula is C25H34O2Si. The molecule has 2 aromatic carbocycles. The summed E-state index contributed by atoms with van der Waals surface area (Å²) in [4.78, 5) is 12.0. The first-order valence-corrected chi connectivity index (χ1v) is 12.1. The van der Waals surface area contributed by atoms with Crippen LogP contribution in [-0.4, -0.2) is 20.7 Å². The van der Waals surface area contributed by atoms with Crippen LogP contribution in [0.25, 0.3) is 0 Å². The summed E-state index contributed by atoms with van der Waals surface area (Å²) in [6.45, 7) is 13.4. The highest BCUT2D eigenvalue weighted by atomic mass is 28.4. The van der Waals surface area contributed by atoms with E-state index in [1.54, 1.807) is 0 Å². The molecule has 3 heteroatoms. The molecule has 0 heterocycles. The maximum atomic E-state index is 12.0. The highest BCUT2D eigenvalue weighted by Crippen LogP contribution is 2.37. The fourth-order valence-corrected chi connectivity index (χ4v) is 8.37. The molecule has 28 heavy (non-hydrogen) atoms. The van der Waals surface area contributed by atoms with Crippen molar-refractivity contribution in [3.8, 4) is 0 Å². The Hall–Kier alpha value is -1.97. The van der Waals surface area contributed by atoms with Crippen LogP contribution in [0.1, 0.15) is 54.4 Å². The van der Waals surface area contributed by atoms with Crippen LogP contribution in [-0.2, 0) is 9.22 Å². The number of benzene rings is 2. The van der Waals surface area contributed by atoms with Gasteiger partial charge in [0.2, 0.25) is 0 Å².